The number of aryl methyl sites for hydroxylation is 1. The fourth-order valence-electron chi connectivity index (χ4n) is 5.50. The minimum Gasteiger partial charge on any atom is -0.489 e. The summed E-state index contributed by atoms with van der Waals surface area (Å²) in [5.74, 6) is -0.188. The molecule has 1 aliphatic heterocycles. The number of carbonyl (C=O) groups is 1. The topological polar surface area (TPSA) is 38.8 Å². The van der Waals surface area contributed by atoms with Crippen molar-refractivity contribution in [2.75, 3.05) is 26.3 Å². The number of hydrogen-bond donors (Lipinski definition) is 0. The zero-order valence-corrected chi connectivity index (χ0v) is 21.9. The second-order valence-corrected chi connectivity index (χ2v) is 10.3. The molecule has 3 aromatic rings. The van der Waals surface area contributed by atoms with E-state index in [1.165, 1.54) is 5.57 Å². The maximum Gasteiger partial charge on any atom is 0.379 e. The first-order valence-corrected chi connectivity index (χ1v) is 13.4. The van der Waals surface area contributed by atoms with E-state index in [1.54, 1.807) is 12.1 Å². The molecular weight excluding hydrogens is 508 g/mol. The first kappa shape index (κ1) is 26.4. The van der Waals surface area contributed by atoms with Crippen LogP contribution in [0.5, 0.6) is 5.75 Å². The van der Waals surface area contributed by atoms with E-state index in [1.807, 2.05) is 42.5 Å². The number of hydrogen-bond acceptors (Lipinski definition) is 4. The van der Waals surface area contributed by atoms with Crippen molar-refractivity contribution < 1.29 is 23.4 Å². The first-order chi connectivity index (χ1) is 18.6. The summed E-state index contributed by atoms with van der Waals surface area (Å²) in [6.07, 6.45) is 4.05. The molecule has 0 amide bonds. The molecular formula is C31H30ClF2NO3. The molecule has 0 saturated carbocycles. The normalized spacial score (nSPS) is 17.7. The van der Waals surface area contributed by atoms with Crippen LogP contribution in [0.25, 0.3) is 11.1 Å². The third kappa shape index (κ3) is 5.92. The maximum atomic E-state index is 12.6. The van der Waals surface area contributed by atoms with Crippen LogP contribution >= 0.6 is 11.6 Å². The van der Waals surface area contributed by atoms with Crippen molar-refractivity contribution in [2.45, 2.75) is 38.2 Å². The quantitative estimate of drug-likeness (QED) is 0.298. The van der Waals surface area contributed by atoms with Crippen molar-refractivity contribution in [1.29, 1.82) is 0 Å². The molecule has 5 rings (SSSR count). The van der Waals surface area contributed by atoms with Crippen LogP contribution in [-0.2, 0) is 11.4 Å². The van der Waals surface area contributed by atoms with Gasteiger partial charge in [0.2, 0.25) is 0 Å². The molecule has 1 saturated heterocycles. The number of allylic oxidation sites excluding steroid dienone is 1. The van der Waals surface area contributed by atoms with E-state index in [0.29, 0.717) is 11.4 Å². The van der Waals surface area contributed by atoms with E-state index in [9.17, 15) is 13.7 Å². The third-order valence-electron chi connectivity index (χ3n) is 7.33. The number of nitrogens with zero attached hydrogens (tertiary/aromatic N) is 1. The standard InChI is InChI=1S/C31H30ClF2NO3/c32-25-10-5-21(6-11-25)28-4-1-3-23-19-24(31(36)38-34)9-14-29(23)30(28)22-7-12-26(13-8-22)37-27-15-18-35(20-27)17-2-16-33/h5-14,19,27H,1-4,15-18,20H2/t27-/m0/s1. The van der Waals surface area contributed by atoms with E-state index in [4.69, 9.17) is 16.3 Å². The second-order valence-electron chi connectivity index (χ2n) is 9.85. The van der Waals surface area contributed by atoms with Gasteiger partial charge >= 0.3 is 5.97 Å². The van der Waals surface area contributed by atoms with Gasteiger partial charge in [-0.05, 0) is 102 Å². The summed E-state index contributed by atoms with van der Waals surface area (Å²) in [6, 6.07) is 21.2. The molecule has 1 heterocycles. The van der Waals surface area contributed by atoms with Crippen molar-refractivity contribution in [1.82, 2.24) is 4.90 Å². The third-order valence-corrected chi connectivity index (χ3v) is 7.58. The first-order valence-electron chi connectivity index (χ1n) is 13.1. The van der Waals surface area contributed by atoms with Crippen LogP contribution in [0, 0.1) is 0 Å². The van der Waals surface area contributed by atoms with Crippen LogP contribution in [0.3, 0.4) is 0 Å². The number of carbonyl (C=O) groups excluding carboxylic acids is 1. The molecule has 0 spiro atoms. The van der Waals surface area contributed by atoms with Crippen molar-refractivity contribution >= 4 is 28.7 Å². The number of likely N-dealkylation sites (tertiary alicyclic amines) is 1. The van der Waals surface area contributed by atoms with Gasteiger partial charge in [-0.1, -0.05) is 41.9 Å². The van der Waals surface area contributed by atoms with E-state index in [2.05, 4.69) is 22.0 Å². The lowest BCUT2D eigenvalue weighted by atomic mass is 9.87. The maximum absolute atomic E-state index is 12.6. The SMILES string of the molecule is O=C(OF)c1ccc2c(c1)CCCC(c1ccc(Cl)cc1)=C2c1ccc(O[C@H]2CCN(CCCF)C2)cc1. The van der Waals surface area contributed by atoms with Gasteiger partial charge in [0.05, 0.1) is 12.2 Å². The molecule has 1 aliphatic carbocycles. The summed E-state index contributed by atoms with van der Waals surface area (Å²) in [4.78, 5) is 17.6. The summed E-state index contributed by atoms with van der Waals surface area (Å²) in [5, 5.41) is 0.677. The zero-order chi connectivity index (χ0) is 26.5. The van der Waals surface area contributed by atoms with Gasteiger partial charge in [-0.3, -0.25) is 9.29 Å². The van der Waals surface area contributed by atoms with Crippen molar-refractivity contribution in [2.24, 2.45) is 0 Å². The fourth-order valence-corrected chi connectivity index (χ4v) is 5.63. The average molecular weight is 538 g/mol. The minimum atomic E-state index is -0.989. The van der Waals surface area contributed by atoms with E-state index in [0.717, 1.165) is 78.9 Å². The Balaban J connectivity index is 1.48. The summed E-state index contributed by atoms with van der Waals surface area (Å²) < 4.78 is 31.4. The molecule has 0 N–H and O–H groups in total. The number of benzene rings is 3. The Morgan fingerprint density at radius 1 is 1.00 bits per heavy atom. The van der Waals surface area contributed by atoms with E-state index < -0.39 is 5.97 Å². The zero-order valence-electron chi connectivity index (χ0n) is 21.1. The number of ether oxygens (including phenoxy) is 1. The van der Waals surface area contributed by atoms with Crippen LogP contribution in [0.1, 0.15) is 58.3 Å². The monoisotopic (exact) mass is 537 g/mol. The Labute approximate surface area is 226 Å². The molecule has 0 bridgehead atoms. The molecule has 38 heavy (non-hydrogen) atoms. The summed E-state index contributed by atoms with van der Waals surface area (Å²) in [5.41, 5.74) is 6.56. The molecule has 198 valence electrons. The molecule has 1 atom stereocenters. The Hall–Kier alpha value is -3.22. The number of fused-ring (bicyclic) bond motifs is 1. The Bertz CT molecular complexity index is 1310. The van der Waals surface area contributed by atoms with Gasteiger partial charge in [-0.25, -0.2) is 9.74 Å². The van der Waals surface area contributed by atoms with Gasteiger partial charge in [0, 0.05) is 29.2 Å². The van der Waals surface area contributed by atoms with Crippen molar-refractivity contribution in [3.8, 4) is 5.75 Å². The molecule has 4 nitrogen and oxygen atoms in total. The molecule has 7 heteroatoms. The largest absolute Gasteiger partial charge is 0.489 e. The predicted octanol–water partition coefficient (Wildman–Crippen LogP) is 7.49. The Morgan fingerprint density at radius 3 is 2.50 bits per heavy atom. The highest BCUT2D eigenvalue weighted by Gasteiger charge is 2.25. The Morgan fingerprint density at radius 2 is 1.76 bits per heavy atom. The lowest BCUT2D eigenvalue weighted by Crippen LogP contribution is -2.26. The van der Waals surface area contributed by atoms with Gasteiger partial charge in [-0.15, -0.1) is 0 Å². The minimum absolute atomic E-state index is 0.0941. The summed E-state index contributed by atoms with van der Waals surface area (Å²) in [6.45, 7) is 2.21. The number of rotatable bonds is 8. The highest BCUT2D eigenvalue weighted by atomic mass is 35.5. The lowest BCUT2D eigenvalue weighted by molar-refractivity contribution is -0.0788. The lowest BCUT2D eigenvalue weighted by Gasteiger charge is -2.19. The van der Waals surface area contributed by atoms with Gasteiger partial charge in [0.1, 0.15) is 11.9 Å². The smallest absolute Gasteiger partial charge is 0.379 e. The molecule has 1 fully saturated rings. The summed E-state index contributed by atoms with van der Waals surface area (Å²) >= 11 is 6.18. The molecule has 0 aromatic heterocycles. The van der Waals surface area contributed by atoms with Gasteiger partial charge in [0.15, 0.2) is 0 Å². The second kappa shape index (κ2) is 12.1. The van der Waals surface area contributed by atoms with Gasteiger partial charge < -0.3 is 4.74 Å². The van der Waals surface area contributed by atoms with Crippen LogP contribution in [0.2, 0.25) is 5.02 Å². The molecule has 0 unspecified atom stereocenters. The van der Waals surface area contributed by atoms with Crippen LogP contribution < -0.4 is 4.74 Å². The van der Waals surface area contributed by atoms with Crippen LogP contribution in [0.4, 0.5) is 8.92 Å². The van der Waals surface area contributed by atoms with Crippen LogP contribution in [-0.4, -0.2) is 43.3 Å². The van der Waals surface area contributed by atoms with Crippen molar-refractivity contribution in [3.05, 3.63) is 99.6 Å². The highest BCUT2D eigenvalue weighted by molar-refractivity contribution is 6.30. The highest BCUT2D eigenvalue weighted by Crippen LogP contribution is 2.41. The average Bonchev–Trinajstić information content (AvgIpc) is 3.30. The summed E-state index contributed by atoms with van der Waals surface area (Å²) in [7, 11) is 0. The number of alkyl halides is 1. The van der Waals surface area contributed by atoms with Crippen LogP contribution in [0.15, 0.2) is 66.7 Å². The van der Waals surface area contributed by atoms with Crippen molar-refractivity contribution in [3.63, 3.8) is 0 Å². The van der Waals surface area contributed by atoms with E-state index >= 15 is 0 Å². The Kier molecular flexibility index (Phi) is 8.40. The predicted molar refractivity (Wildman–Crippen MR) is 146 cm³/mol. The number of halogens is 3. The molecule has 0 radical (unpaired) electrons. The molecule has 2 aliphatic rings. The van der Waals surface area contributed by atoms with Gasteiger partial charge in [0.25, 0.3) is 0 Å². The molecule has 3 aromatic carbocycles. The van der Waals surface area contributed by atoms with Gasteiger partial charge in [-0.2, -0.15) is 0 Å². The van der Waals surface area contributed by atoms with E-state index in [-0.39, 0.29) is 18.3 Å². The fraction of sp³-hybridized carbons (Fsp3) is 0.323.